The fourth-order valence-corrected chi connectivity index (χ4v) is 2.50. The summed E-state index contributed by atoms with van der Waals surface area (Å²) in [7, 11) is 0. The van der Waals surface area contributed by atoms with Gasteiger partial charge >= 0.3 is 0 Å². The molecule has 1 aromatic heterocycles. The summed E-state index contributed by atoms with van der Waals surface area (Å²) in [6, 6.07) is 8.16. The number of thiazole rings is 1. The van der Waals surface area contributed by atoms with Crippen LogP contribution in [-0.4, -0.2) is 16.8 Å². The average Bonchev–Trinajstić information content (AvgIpc) is 2.71. The summed E-state index contributed by atoms with van der Waals surface area (Å²) in [5.74, 6) is -0.292. The minimum atomic E-state index is -0.235. The Hall–Kier alpha value is -1.39. The molecule has 2 aromatic rings. The predicted molar refractivity (Wildman–Crippen MR) is 76.4 cm³/mol. The van der Waals surface area contributed by atoms with Crippen LogP contribution in [0.25, 0.3) is 11.3 Å². The van der Waals surface area contributed by atoms with Crippen LogP contribution in [0.1, 0.15) is 10.4 Å². The van der Waals surface area contributed by atoms with E-state index in [0.29, 0.717) is 5.13 Å². The molecule has 0 bridgehead atoms. The van der Waals surface area contributed by atoms with Crippen molar-refractivity contribution in [3.8, 4) is 11.3 Å². The highest BCUT2D eigenvalue weighted by atomic mass is 35.5. The Morgan fingerprint density at radius 3 is 2.61 bits per heavy atom. The van der Waals surface area contributed by atoms with Gasteiger partial charge in [-0.25, -0.2) is 4.98 Å². The third-order valence-electron chi connectivity index (χ3n) is 2.49. The highest BCUT2D eigenvalue weighted by molar-refractivity contribution is 7.16. The van der Waals surface area contributed by atoms with E-state index in [2.05, 4.69) is 10.3 Å². The molecule has 0 spiro atoms. The molecule has 0 aliphatic rings. The second-order valence-electron chi connectivity index (χ2n) is 3.97. The van der Waals surface area contributed by atoms with Gasteiger partial charge in [-0.1, -0.05) is 29.8 Å². The predicted octanol–water partition coefficient (Wildman–Crippen LogP) is 3.60. The van der Waals surface area contributed by atoms with E-state index in [0.717, 1.165) is 16.1 Å². The molecule has 0 radical (unpaired) electrons. The first kappa shape index (κ1) is 13.1. The van der Waals surface area contributed by atoms with Crippen LogP contribution >= 0.6 is 22.9 Å². The standard InChI is InChI=1S/C13H13ClN2OS/c1-8-3-5-10(6-4-8)12-9(2)18-13(16-12)15-11(17)7-14/h3-6H,7H2,1-2H3,(H,15,16,17). The Bertz CT molecular complexity index is 563. The summed E-state index contributed by atoms with van der Waals surface area (Å²) in [4.78, 5) is 16.7. The van der Waals surface area contributed by atoms with E-state index in [1.165, 1.54) is 16.9 Å². The number of nitrogens with zero attached hydrogens (tertiary/aromatic N) is 1. The van der Waals surface area contributed by atoms with E-state index < -0.39 is 0 Å². The molecular formula is C13H13ClN2OS. The normalized spacial score (nSPS) is 10.4. The van der Waals surface area contributed by atoms with Crippen molar-refractivity contribution in [1.29, 1.82) is 0 Å². The number of alkyl halides is 1. The van der Waals surface area contributed by atoms with E-state index in [-0.39, 0.29) is 11.8 Å². The van der Waals surface area contributed by atoms with E-state index in [9.17, 15) is 4.79 Å². The first-order valence-electron chi connectivity index (χ1n) is 5.50. The second kappa shape index (κ2) is 5.50. The van der Waals surface area contributed by atoms with Crippen molar-refractivity contribution in [3.63, 3.8) is 0 Å². The number of rotatable bonds is 3. The molecule has 0 saturated heterocycles. The van der Waals surface area contributed by atoms with Gasteiger partial charge in [-0.15, -0.1) is 22.9 Å². The molecular weight excluding hydrogens is 268 g/mol. The molecule has 1 heterocycles. The van der Waals surface area contributed by atoms with Crippen LogP contribution in [0.3, 0.4) is 0 Å². The number of nitrogens with one attached hydrogen (secondary N) is 1. The van der Waals surface area contributed by atoms with E-state index in [1.807, 2.05) is 38.1 Å². The zero-order valence-electron chi connectivity index (χ0n) is 10.2. The Morgan fingerprint density at radius 1 is 1.33 bits per heavy atom. The Kier molecular flexibility index (Phi) is 3.99. The first-order chi connectivity index (χ1) is 8.60. The van der Waals surface area contributed by atoms with Gasteiger partial charge in [-0.3, -0.25) is 4.79 Å². The van der Waals surface area contributed by atoms with Gasteiger partial charge in [-0.05, 0) is 13.8 Å². The van der Waals surface area contributed by atoms with Gasteiger partial charge in [0.15, 0.2) is 5.13 Å². The zero-order valence-corrected chi connectivity index (χ0v) is 11.7. The number of benzene rings is 1. The van der Waals surface area contributed by atoms with Crippen LogP contribution in [0.4, 0.5) is 5.13 Å². The highest BCUT2D eigenvalue weighted by Gasteiger charge is 2.11. The SMILES string of the molecule is Cc1ccc(-c2nc(NC(=O)CCl)sc2C)cc1. The molecule has 5 heteroatoms. The Balaban J connectivity index is 2.29. The van der Waals surface area contributed by atoms with Crippen molar-refractivity contribution in [2.45, 2.75) is 13.8 Å². The average molecular weight is 281 g/mol. The third-order valence-corrected chi connectivity index (χ3v) is 3.62. The highest BCUT2D eigenvalue weighted by Crippen LogP contribution is 2.30. The maximum absolute atomic E-state index is 11.2. The summed E-state index contributed by atoms with van der Waals surface area (Å²) < 4.78 is 0. The summed E-state index contributed by atoms with van der Waals surface area (Å²) in [6.07, 6.45) is 0. The van der Waals surface area contributed by atoms with Crippen molar-refractivity contribution < 1.29 is 4.79 Å². The second-order valence-corrected chi connectivity index (χ2v) is 5.44. The molecule has 1 aromatic carbocycles. The van der Waals surface area contributed by atoms with Crippen LogP contribution in [-0.2, 0) is 4.79 Å². The maximum atomic E-state index is 11.2. The van der Waals surface area contributed by atoms with Crippen LogP contribution in [0, 0.1) is 13.8 Å². The number of carbonyl (C=O) groups excluding carboxylic acids is 1. The molecule has 0 unspecified atom stereocenters. The number of aryl methyl sites for hydroxylation is 2. The minimum absolute atomic E-state index is 0.0571. The fraction of sp³-hybridized carbons (Fsp3) is 0.231. The van der Waals surface area contributed by atoms with Crippen molar-refractivity contribution >= 4 is 34.0 Å². The molecule has 0 saturated carbocycles. The molecule has 0 aliphatic heterocycles. The lowest BCUT2D eigenvalue weighted by Gasteiger charge is -1.99. The van der Waals surface area contributed by atoms with E-state index in [1.54, 1.807) is 0 Å². The van der Waals surface area contributed by atoms with Crippen LogP contribution in [0.2, 0.25) is 0 Å². The van der Waals surface area contributed by atoms with Gasteiger partial charge in [-0.2, -0.15) is 0 Å². The Labute approximate surface area is 115 Å². The van der Waals surface area contributed by atoms with Gasteiger partial charge in [0.2, 0.25) is 5.91 Å². The van der Waals surface area contributed by atoms with Gasteiger partial charge in [0, 0.05) is 10.4 Å². The molecule has 0 aliphatic carbocycles. The molecule has 0 fully saturated rings. The number of aromatic nitrogens is 1. The van der Waals surface area contributed by atoms with Crippen LogP contribution < -0.4 is 5.32 Å². The number of hydrogen-bond donors (Lipinski definition) is 1. The van der Waals surface area contributed by atoms with Gasteiger partial charge in [0.05, 0.1) is 5.69 Å². The van der Waals surface area contributed by atoms with Crippen molar-refractivity contribution in [1.82, 2.24) is 4.98 Å². The smallest absolute Gasteiger partial charge is 0.241 e. The molecule has 1 N–H and O–H groups in total. The molecule has 1 amide bonds. The van der Waals surface area contributed by atoms with Crippen LogP contribution in [0.15, 0.2) is 24.3 Å². The van der Waals surface area contributed by atoms with Crippen molar-refractivity contribution in [2.75, 3.05) is 11.2 Å². The molecule has 2 rings (SSSR count). The summed E-state index contributed by atoms with van der Waals surface area (Å²) >= 11 is 6.90. The summed E-state index contributed by atoms with van der Waals surface area (Å²) in [6.45, 7) is 4.03. The Morgan fingerprint density at radius 2 is 2.00 bits per heavy atom. The lowest BCUT2D eigenvalue weighted by Crippen LogP contribution is -2.12. The summed E-state index contributed by atoms with van der Waals surface area (Å²) in [5.41, 5.74) is 3.17. The zero-order chi connectivity index (χ0) is 13.1. The number of amides is 1. The number of hydrogen-bond acceptors (Lipinski definition) is 3. The van der Waals surface area contributed by atoms with E-state index in [4.69, 9.17) is 11.6 Å². The van der Waals surface area contributed by atoms with Gasteiger partial charge in [0.25, 0.3) is 0 Å². The fourth-order valence-electron chi connectivity index (χ4n) is 1.58. The van der Waals surface area contributed by atoms with Crippen molar-refractivity contribution in [3.05, 3.63) is 34.7 Å². The molecule has 94 valence electrons. The monoisotopic (exact) mass is 280 g/mol. The first-order valence-corrected chi connectivity index (χ1v) is 6.85. The van der Waals surface area contributed by atoms with Crippen LogP contribution in [0.5, 0.6) is 0 Å². The number of halogens is 1. The maximum Gasteiger partial charge on any atom is 0.241 e. The quantitative estimate of drug-likeness (QED) is 0.873. The largest absolute Gasteiger partial charge is 0.301 e. The minimum Gasteiger partial charge on any atom is -0.301 e. The van der Waals surface area contributed by atoms with Crippen molar-refractivity contribution in [2.24, 2.45) is 0 Å². The number of anilines is 1. The topological polar surface area (TPSA) is 42.0 Å². The molecule has 0 atom stereocenters. The van der Waals surface area contributed by atoms with E-state index >= 15 is 0 Å². The lowest BCUT2D eigenvalue weighted by molar-refractivity contribution is -0.113. The van der Waals surface area contributed by atoms with Gasteiger partial charge in [0.1, 0.15) is 5.88 Å². The molecule has 18 heavy (non-hydrogen) atoms. The lowest BCUT2D eigenvalue weighted by atomic mass is 10.1. The number of carbonyl (C=O) groups is 1. The summed E-state index contributed by atoms with van der Waals surface area (Å²) in [5, 5.41) is 3.26. The van der Waals surface area contributed by atoms with Gasteiger partial charge < -0.3 is 5.32 Å². The third kappa shape index (κ3) is 2.89. The molecule has 3 nitrogen and oxygen atoms in total.